The van der Waals surface area contributed by atoms with Crippen LogP contribution in [0.25, 0.3) is 11.1 Å². The molecule has 176 valence electrons. The molecule has 2 amide bonds. The third-order valence-corrected chi connectivity index (χ3v) is 5.91. The molecule has 0 aliphatic heterocycles. The molecule has 0 fully saturated rings. The van der Waals surface area contributed by atoms with E-state index in [2.05, 4.69) is 34.9 Å². The third kappa shape index (κ3) is 6.57. The average molecular weight is 453 g/mol. The Hall–Kier alpha value is -3.35. The molecule has 7 heteroatoms. The zero-order valence-electron chi connectivity index (χ0n) is 19.4. The summed E-state index contributed by atoms with van der Waals surface area (Å²) in [4.78, 5) is 35.3. The second-order valence-electron chi connectivity index (χ2n) is 9.34. The van der Waals surface area contributed by atoms with Gasteiger partial charge in [-0.25, -0.2) is 4.79 Å². The number of carbonyl (C=O) groups excluding carboxylic acids is 2. The zero-order valence-corrected chi connectivity index (χ0v) is 19.4. The Kier molecular flexibility index (Phi) is 7.74. The molecule has 1 aliphatic carbocycles. The normalized spacial score (nSPS) is 13.5. The lowest BCUT2D eigenvalue weighted by molar-refractivity contribution is -0.137. The highest BCUT2D eigenvalue weighted by Crippen LogP contribution is 2.44. The van der Waals surface area contributed by atoms with E-state index in [1.165, 1.54) is 11.1 Å². The summed E-state index contributed by atoms with van der Waals surface area (Å²) in [6.45, 7) is 6.01. The number of alkyl carbamates (subject to hydrolysis) is 1. The summed E-state index contributed by atoms with van der Waals surface area (Å²) in [6, 6.07) is 16.3. The zero-order chi connectivity index (χ0) is 24.0. The van der Waals surface area contributed by atoms with Gasteiger partial charge in [-0.1, -0.05) is 55.5 Å². The van der Waals surface area contributed by atoms with Gasteiger partial charge in [0.15, 0.2) is 0 Å². The van der Waals surface area contributed by atoms with E-state index < -0.39 is 17.6 Å². The van der Waals surface area contributed by atoms with Gasteiger partial charge in [-0.3, -0.25) is 9.59 Å². The molecule has 7 nitrogen and oxygen atoms in total. The van der Waals surface area contributed by atoms with Gasteiger partial charge < -0.3 is 20.5 Å². The van der Waals surface area contributed by atoms with E-state index in [9.17, 15) is 14.4 Å². The molecule has 2 aromatic rings. The van der Waals surface area contributed by atoms with Gasteiger partial charge in [-0.2, -0.15) is 0 Å². The highest BCUT2D eigenvalue weighted by atomic mass is 16.5. The second kappa shape index (κ2) is 10.5. The van der Waals surface area contributed by atoms with E-state index in [4.69, 9.17) is 9.84 Å². The molecule has 0 spiro atoms. The first-order chi connectivity index (χ1) is 15.7. The van der Waals surface area contributed by atoms with Gasteiger partial charge in [0.05, 0.1) is 0 Å². The van der Waals surface area contributed by atoms with Gasteiger partial charge in [0.2, 0.25) is 5.91 Å². The molecule has 1 atom stereocenters. The van der Waals surface area contributed by atoms with Crippen LogP contribution in [0.4, 0.5) is 4.79 Å². The van der Waals surface area contributed by atoms with E-state index in [1.807, 2.05) is 31.2 Å². The van der Waals surface area contributed by atoms with Gasteiger partial charge in [0.1, 0.15) is 6.61 Å². The van der Waals surface area contributed by atoms with Crippen molar-refractivity contribution in [3.8, 4) is 11.1 Å². The summed E-state index contributed by atoms with van der Waals surface area (Å²) in [5, 5.41) is 14.4. The first kappa shape index (κ1) is 24.3. The van der Waals surface area contributed by atoms with Crippen LogP contribution in [0.1, 0.15) is 57.1 Å². The Morgan fingerprint density at radius 2 is 1.61 bits per heavy atom. The van der Waals surface area contributed by atoms with Crippen LogP contribution in [0.15, 0.2) is 48.5 Å². The number of nitrogens with one attached hydrogen (secondary N) is 2. The molecule has 3 N–H and O–H groups in total. The first-order valence-corrected chi connectivity index (χ1v) is 11.3. The Labute approximate surface area is 194 Å². The predicted molar refractivity (Wildman–Crippen MR) is 126 cm³/mol. The fraction of sp³-hybridized carbons (Fsp3) is 0.423. The molecule has 0 aromatic heterocycles. The van der Waals surface area contributed by atoms with Crippen molar-refractivity contribution < 1.29 is 24.2 Å². The number of carboxylic acids is 1. The predicted octanol–water partition coefficient (Wildman–Crippen LogP) is 4.31. The number of carbonyl (C=O) groups is 3. The smallest absolute Gasteiger partial charge is 0.407 e. The van der Waals surface area contributed by atoms with Gasteiger partial charge >= 0.3 is 12.1 Å². The summed E-state index contributed by atoms with van der Waals surface area (Å²) in [5.41, 5.74) is 4.06. The van der Waals surface area contributed by atoms with Crippen molar-refractivity contribution in [2.24, 2.45) is 5.92 Å². The standard InChI is InChI=1S/C26H32N2O5/c1-17(14-23(29)28-26(2,3)13-12-24(30)31)15-27-25(32)33-16-22-20-10-6-4-8-18(20)19-9-5-7-11-21(19)22/h4-11,17,22H,12-16H2,1-3H3,(H,27,32)(H,28,29)(H,30,31). The molecular weight excluding hydrogens is 420 g/mol. The van der Waals surface area contributed by atoms with E-state index in [-0.39, 0.29) is 37.2 Å². The number of ether oxygens (including phenoxy) is 1. The van der Waals surface area contributed by atoms with E-state index >= 15 is 0 Å². The highest BCUT2D eigenvalue weighted by Gasteiger charge is 2.29. The van der Waals surface area contributed by atoms with Gasteiger partial charge in [0, 0.05) is 30.8 Å². The summed E-state index contributed by atoms with van der Waals surface area (Å²) in [6.07, 6.45) is 0.0539. The molecule has 0 bridgehead atoms. The molecule has 2 aromatic carbocycles. The van der Waals surface area contributed by atoms with Crippen molar-refractivity contribution in [1.82, 2.24) is 10.6 Å². The number of rotatable bonds is 10. The topological polar surface area (TPSA) is 105 Å². The summed E-state index contributed by atoms with van der Waals surface area (Å²) in [5.74, 6) is -1.16. The highest BCUT2D eigenvalue weighted by molar-refractivity contribution is 5.79. The summed E-state index contributed by atoms with van der Waals surface area (Å²) >= 11 is 0. The van der Waals surface area contributed by atoms with Crippen molar-refractivity contribution in [2.75, 3.05) is 13.2 Å². The fourth-order valence-corrected chi connectivity index (χ4v) is 4.21. The third-order valence-electron chi connectivity index (χ3n) is 5.91. The van der Waals surface area contributed by atoms with E-state index in [0.29, 0.717) is 13.0 Å². The van der Waals surface area contributed by atoms with Gasteiger partial charge in [-0.15, -0.1) is 0 Å². The first-order valence-electron chi connectivity index (χ1n) is 11.3. The molecule has 1 unspecified atom stereocenters. The number of amides is 2. The molecule has 1 aliphatic rings. The average Bonchev–Trinajstić information content (AvgIpc) is 3.08. The van der Waals surface area contributed by atoms with E-state index in [1.54, 1.807) is 13.8 Å². The number of aliphatic carboxylic acids is 1. The second-order valence-corrected chi connectivity index (χ2v) is 9.34. The number of hydrogen-bond acceptors (Lipinski definition) is 4. The summed E-state index contributed by atoms with van der Waals surface area (Å²) < 4.78 is 5.52. The number of hydrogen-bond donors (Lipinski definition) is 3. The largest absolute Gasteiger partial charge is 0.481 e. The van der Waals surface area contributed by atoms with Crippen molar-refractivity contribution in [1.29, 1.82) is 0 Å². The number of fused-ring (bicyclic) bond motifs is 3. The monoisotopic (exact) mass is 452 g/mol. The van der Waals surface area contributed by atoms with Crippen LogP contribution in [0.2, 0.25) is 0 Å². The maximum Gasteiger partial charge on any atom is 0.407 e. The molecule has 33 heavy (non-hydrogen) atoms. The molecule has 0 saturated heterocycles. The maximum atomic E-state index is 12.3. The van der Waals surface area contributed by atoms with Crippen LogP contribution in [0.5, 0.6) is 0 Å². The lowest BCUT2D eigenvalue weighted by atomic mass is 9.97. The minimum atomic E-state index is -0.891. The Morgan fingerprint density at radius 1 is 1.03 bits per heavy atom. The Bertz CT molecular complexity index is 972. The Balaban J connectivity index is 1.44. The van der Waals surface area contributed by atoms with Crippen LogP contribution in [0.3, 0.4) is 0 Å². The lowest BCUT2D eigenvalue weighted by Crippen LogP contribution is -2.44. The number of benzene rings is 2. The molecular formula is C26H32N2O5. The van der Waals surface area contributed by atoms with Crippen LogP contribution >= 0.6 is 0 Å². The van der Waals surface area contributed by atoms with Crippen LogP contribution in [-0.2, 0) is 14.3 Å². The lowest BCUT2D eigenvalue weighted by Gasteiger charge is -2.26. The molecule has 0 saturated carbocycles. The Morgan fingerprint density at radius 3 is 2.18 bits per heavy atom. The van der Waals surface area contributed by atoms with Crippen LogP contribution in [0, 0.1) is 5.92 Å². The van der Waals surface area contributed by atoms with Crippen molar-refractivity contribution in [3.05, 3.63) is 59.7 Å². The van der Waals surface area contributed by atoms with Gasteiger partial charge in [-0.05, 0) is 48.4 Å². The van der Waals surface area contributed by atoms with Crippen molar-refractivity contribution >= 4 is 18.0 Å². The maximum absolute atomic E-state index is 12.3. The fourth-order valence-electron chi connectivity index (χ4n) is 4.21. The summed E-state index contributed by atoms with van der Waals surface area (Å²) in [7, 11) is 0. The SMILES string of the molecule is CC(CNC(=O)OCC1c2ccccc2-c2ccccc21)CC(=O)NC(C)(C)CCC(=O)O. The quantitative estimate of drug-likeness (QED) is 0.498. The van der Waals surface area contributed by atoms with Crippen molar-refractivity contribution in [2.45, 2.75) is 51.5 Å². The van der Waals surface area contributed by atoms with Gasteiger partial charge in [0.25, 0.3) is 0 Å². The molecule has 0 heterocycles. The number of carboxylic acid groups (broad SMARTS) is 1. The molecule has 3 rings (SSSR count). The minimum Gasteiger partial charge on any atom is -0.481 e. The minimum absolute atomic E-state index is 0.000569. The molecule has 0 radical (unpaired) electrons. The van der Waals surface area contributed by atoms with Crippen molar-refractivity contribution in [3.63, 3.8) is 0 Å². The van der Waals surface area contributed by atoms with E-state index in [0.717, 1.165) is 11.1 Å². The van der Waals surface area contributed by atoms with Crippen LogP contribution < -0.4 is 10.6 Å². The van der Waals surface area contributed by atoms with Crippen LogP contribution in [-0.4, -0.2) is 41.8 Å².